The van der Waals surface area contributed by atoms with Crippen LogP contribution < -0.4 is 16.4 Å². The zero-order valence-corrected chi connectivity index (χ0v) is 24.2. The first-order chi connectivity index (χ1) is 17.4. The molecule has 4 N–H and O–H groups in total. The van der Waals surface area contributed by atoms with Crippen molar-refractivity contribution < 1.29 is 14.4 Å². The number of aromatic nitrogens is 2. The molecule has 0 aliphatic heterocycles. The van der Waals surface area contributed by atoms with Gasteiger partial charge in [0, 0.05) is 25.6 Å². The highest BCUT2D eigenvalue weighted by Gasteiger charge is 2.28. The second-order valence-corrected chi connectivity index (χ2v) is 9.87. The maximum absolute atomic E-state index is 13.2. The molecule has 10 nitrogen and oxygen atoms in total. The average Bonchev–Trinajstić information content (AvgIpc) is 2.89. The highest BCUT2D eigenvalue weighted by Crippen LogP contribution is 2.28. The Kier molecular flexibility index (Phi) is 12.3. The van der Waals surface area contributed by atoms with Crippen molar-refractivity contribution in [3.8, 4) is 0 Å². The number of methoxy groups -OCH3 is 1. The van der Waals surface area contributed by atoms with Crippen molar-refractivity contribution >= 4 is 53.4 Å². The van der Waals surface area contributed by atoms with Gasteiger partial charge in [-0.15, -0.1) is 24.8 Å². The topological polar surface area (TPSA) is 127 Å². The van der Waals surface area contributed by atoms with E-state index >= 15 is 0 Å². The molecule has 1 aromatic heterocycles. The van der Waals surface area contributed by atoms with E-state index in [0.29, 0.717) is 11.8 Å². The van der Waals surface area contributed by atoms with Gasteiger partial charge in [0.05, 0.1) is 30.8 Å². The number of halogens is 2. The largest absolute Gasteiger partial charge is 0.381 e. The molecule has 0 saturated heterocycles. The number of hydrogen-bond donors (Lipinski definition) is 3. The van der Waals surface area contributed by atoms with E-state index in [2.05, 4.69) is 21.7 Å². The number of fused-ring (bicyclic) bond motifs is 1. The summed E-state index contributed by atoms with van der Waals surface area (Å²) in [6.07, 6.45) is 7.95. The fraction of sp³-hybridized carbons (Fsp3) is 0.615. The SMILES string of the molecule is COC1CCC(NC(=O)c2nc(N[C@H]3CCCC[C@H]3N=C(N)N(C)OC)c3cc(C)ccc3n2)CC1.Cl.Cl. The predicted molar refractivity (Wildman–Crippen MR) is 155 cm³/mol. The second-order valence-electron chi connectivity index (χ2n) is 9.87. The number of carbonyl (C=O) groups is 1. The van der Waals surface area contributed by atoms with E-state index in [1.54, 1.807) is 21.3 Å². The molecule has 2 aliphatic carbocycles. The Balaban J connectivity index is 0.00000253. The molecule has 4 rings (SSSR count). The minimum absolute atomic E-state index is 0. The van der Waals surface area contributed by atoms with Crippen LogP contribution in [0.25, 0.3) is 10.9 Å². The maximum Gasteiger partial charge on any atom is 0.289 e. The number of hydrogen-bond acceptors (Lipinski definition) is 7. The smallest absolute Gasteiger partial charge is 0.289 e. The fourth-order valence-corrected chi connectivity index (χ4v) is 5.10. The number of aryl methyl sites for hydroxylation is 1. The lowest BCUT2D eigenvalue weighted by Crippen LogP contribution is -2.41. The molecular formula is C26H41Cl2N7O3. The molecule has 0 bridgehead atoms. The second kappa shape index (κ2) is 14.7. The molecule has 0 unspecified atom stereocenters. The molecule has 212 valence electrons. The van der Waals surface area contributed by atoms with Crippen LogP contribution in [-0.2, 0) is 9.57 Å². The lowest BCUT2D eigenvalue weighted by atomic mass is 9.90. The summed E-state index contributed by atoms with van der Waals surface area (Å²) in [4.78, 5) is 32.4. The van der Waals surface area contributed by atoms with Crippen LogP contribution in [0.2, 0.25) is 0 Å². The van der Waals surface area contributed by atoms with E-state index in [0.717, 1.165) is 67.8 Å². The quantitative estimate of drug-likeness (QED) is 0.259. The van der Waals surface area contributed by atoms with Gasteiger partial charge in [-0.3, -0.25) is 9.63 Å². The molecule has 1 amide bonds. The molecule has 2 aromatic rings. The number of amides is 1. The molecule has 0 spiro atoms. The predicted octanol–water partition coefficient (Wildman–Crippen LogP) is 4.00. The molecule has 1 heterocycles. The molecule has 2 aliphatic rings. The van der Waals surface area contributed by atoms with Crippen LogP contribution in [0, 0.1) is 6.92 Å². The van der Waals surface area contributed by atoms with Crippen molar-refractivity contribution in [2.75, 3.05) is 26.6 Å². The van der Waals surface area contributed by atoms with Crippen molar-refractivity contribution in [1.29, 1.82) is 0 Å². The normalized spacial score (nSPS) is 23.6. The van der Waals surface area contributed by atoms with Gasteiger partial charge in [-0.2, -0.15) is 0 Å². The number of hydroxylamine groups is 2. The van der Waals surface area contributed by atoms with Crippen molar-refractivity contribution in [1.82, 2.24) is 20.3 Å². The number of ether oxygens (including phenoxy) is 1. The number of nitrogens with two attached hydrogens (primary N) is 1. The first-order valence-electron chi connectivity index (χ1n) is 12.9. The lowest BCUT2D eigenvalue weighted by Gasteiger charge is -2.31. The van der Waals surface area contributed by atoms with Crippen LogP contribution in [0.1, 0.15) is 67.5 Å². The third-order valence-electron chi connectivity index (χ3n) is 7.34. The van der Waals surface area contributed by atoms with Gasteiger partial charge in [-0.05, 0) is 57.6 Å². The van der Waals surface area contributed by atoms with Crippen molar-refractivity contribution in [3.05, 3.63) is 29.6 Å². The summed E-state index contributed by atoms with van der Waals surface area (Å²) in [5, 5.41) is 9.09. The van der Waals surface area contributed by atoms with Gasteiger partial charge in [0.25, 0.3) is 5.91 Å². The van der Waals surface area contributed by atoms with Gasteiger partial charge in [0.1, 0.15) is 5.82 Å². The van der Waals surface area contributed by atoms with E-state index in [1.807, 2.05) is 19.1 Å². The Labute approximate surface area is 237 Å². The van der Waals surface area contributed by atoms with Crippen LogP contribution >= 0.6 is 24.8 Å². The summed E-state index contributed by atoms with van der Waals surface area (Å²) in [5.41, 5.74) is 7.97. The molecule has 0 radical (unpaired) electrons. The maximum atomic E-state index is 13.2. The number of carbonyl (C=O) groups excluding carboxylic acids is 1. The van der Waals surface area contributed by atoms with Crippen LogP contribution in [-0.4, -0.2) is 72.4 Å². The third kappa shape index (κ3) is 7.81. The first kappa shape index (κ1) is 31.8. The Hall–Kier alpha value is -2.40. The van der Waals surface area contributed by atoms with Gasteiger partial charge < -0.3 is 21.1 Å². The van der Waals surface area contributed by atoms with Gasteiger partial charge in [0.15, 0.2) is 0 Å². The van der Waals surface area contributed by atoms with E-state index < -0.39 is 0 Å². The number of guanidine groups is 1. The minimum atomic E-state index is -0.245. The first-order valence-corrected chi connectivity index (χ1v) is 12.9. The van der Waals surface area contributed by atoms with Gasteiger partial charge >= 0.3 is 0 Å². The highest BCUT2D eigenvalue weighted by molar-refractivity contribution is 5.96. The molecule has 38 heavy (non-hydrogen) atoms. The van der Waals surface area contributed by atoms with Crippen molar-refractivity contribution in [2.24, 2.45) is 10.7 Å². The molecule has 1 aromatic carbocycles. The molecule has 2 atom stereocenters. The van der Waals surface area contributed by atoms with E-state index in [1.165, 1.54) is 5.06 Å². The molecule has 12 heteroatoms. The van der Waals surface area contributed by atoms with E-state index in [9.17, 15) is 4.79 Å². The number of rotatable bonds is 7. The number of nitrogens with one attached hydrogen (secondary N) is 2. The third-order valence-corrected chi connectivity index (χ3v) is 7.34. The number of benzene rings is 1. The molecule has 2 saturated carbocycles. The van der Waals surface area contributed by atoms with Crippen LogP contribution in [0.3, 0.4) is 0 Å². The summed E-state index contributed by atoms with van der Waals surface area (Å²) >= 11 is 0. The molecule has 2 fully saturated rings. The lowest BCUT2D eigenvalue weighted by molar-refractivity contribution is -0.0435. The van der Waals surface area contributed by atoms with Gasteiger partial charge in [-0.25, -0.2) is 20.0 Å². The van der Waals surface area contributed by atoms with Gasteiger partial charge in [-0.1, -0.05) is 24.5 Å². The monoisotopic (exact) mass is 569 g/mol. The van der Waals surface area contributed by atoms with Crippen molar-refractivity contribution in [3.63, 3.8) is 0 Å². The Morgan fingerprint density at radius 3 is 2.47 bits per heavy atom. The zero-order chi connectivity index (χ0) is 25.7. The highest BCUT2D eigenvalue weighted by atomic mass is 35.5. The number of aliphatic imine (C=N–C) groups is 1. The summed E-state index contributed by atoms with van der Waals surface area (Å²) < 4.78 is 5.45. The summed E-state index contributed by atoms with van der Waals surface area (Å²) in [5.74, 6) is 0.924. The average molecular weight is 571 g/mol. The zero-order valence-electron chi connectivity index (χ0n) is 22.6. The standard InChI is InChI=1S/C26H39N7O3.2ClH/c1-16-9-14-20-19(15-16)23(30-21-7-5-6-8-22(21)31-26(27)33(2)36-4)32-24(29-20)25(34)28-17-10-12-18(35-3)13-11-17;;/h9,14-15,17-18,21-22H,5-8,10-13H2,1-4H3,(H2,27,31)(H,28,34)(H,29,30,32);2*1H/t17?,18?,21-,22+;;/m0../s1. The minimum Gasteiger partial charge on any atom is -0.381 e. The van der Waals surface area contributed by atoms with E-state index in [4.69, 9.17) is 25.3 Å². The summed E-state index contributed by atoms with van der Waals surface area (Å²) in [7, 11) is 5.04. The van der Waals surface area contributed by atoms with Crippen LogP contribution in [0.5, 0.6) is 0 Å². The summed E-state index contributed by atoms with van der Waals surface area (Å²) in [6.45, 7) is 2.04. The van der Waals surface area contributed by atoms with Crippen LogP contribution in [0.4, 0.5) is 5.82 Å². The molecular weight excluding hydrogens is 529 g/mol. The van der Waals surface area contributed by atoms with Crippen molar-refractivity contribution in [2.45, 2.75) is 82.5 Å². The van der Waals surface area contributed by atoms with E-state index in [-0.39, 0.29) is 60.8 Å². The summed E-state index contributed by atoms with van der Waals surface area (Å²) in [6, 6.07) is 6.11. The fourth-order valence-electron chi connectivity index (χ4n) is 5.10. The van der Waals surface area contributed by atoms with Crippen LogP contribution in [0.15, 0.2) is 23.2 Å². The Morgan fingerprint density at radius 2 is 1.79 bits per heavy atom. The Morgan fingerprint density at radius 1 is 1.08 bits per heavy atom. The number of nitrogens with zero attached hydrogens (tertiary/aromatic N) is 4. The Bertz CT molecular complexity index is 1100. The number of anilines is 1. The van der Waals surface area contributed by atoms with Gasteiger partial charge in [0.2, 0.25) is 11.8 Å².